The molecule has 1 aliphatic rings. The molecular weight excluding hydrogens is 454 g/mol. The molecule has 0 saturated carbocycles. The number of aliphatic carboxylic acids is 1. The second-order valence-corrected chi connectivity index (χ2v) is 7.62. The number of esters is 1. The van der Waals surface area contributed by atoms with Crippen molar-refractivity contribution < 1.29 is 33.8 Å². The summed E-state index contributed by atoms with van der Waals surface area (Å²) < 4.78 is 10.9. The average Bonchev–Trinajstić information content (AvgIpc) is 2.88. The normalized spacial score (nSPS) is 15.2. The molecule has 1 N–H and O–H groups in total. The van der Waals surface area contributed by atoms with Gasteiger partial charge in [-0.15, -0.1) is 0 Å². The standard InChI is InChI=1S/C18H18BrNO7S/c1-2-3-6-26-16(23)9-20-17(24)14(28-18(20)25)8-11-7-12(19)4-5-13(11)27-10-15(21)22/h4-5,7-8H,2-3,6,9-10H2,1H3,(H,21,22)/b14-8+. The number of carbonyl (C=O) groups is 4. The van der Waals surface area contributed by atoms with Crippen LogP contribution in [-0.4, -0.2) is 52.8 Å². The van der Waals surface area contributed by atoms with E-state index in [0.717, 1.165) is 11.3 Å². The molecule has 0 aromatic heterocycles. The van der Waals surface area contributed by atoms with E-state index >= 15 is 0 Å². The van der Waals surface area contributed by atoms with Crippen molar-refractivity contribution >= 4 is 56.9 Å². The second-order valence-electron chi connectivity index (χ2n) is 5.71. The van der Waals surface area contributed by atoms with Crippen LogP contribution in [0.1, 0.15) is 25.3 Å². The highest BCUT2D eigenvalue weighted by Gasteiger charge is 2.36. The van der Waals surface area contributed by atoms with Crippen LogP contribution in [0.15, 0.2) is 27.6 Å². The zero-order chi connectivity index (χ0) is 20.7. The van der Waals surface area contributed by atoms with Crippen molar-refractivity contribution in [3.8, 4) is 5.75 Å². The van der Waals surface area contributed by atoms with E-state index in [-0.39, 0.29) is 17.3 Å². The van der Waals surface area contributed by atoms with Gasteiger partial charge >= 0.3 is 11.9 Å². The first kappa shape index (κ1) is 22.0. The highest BCUT2D eigenvalue weighted by molar-refractivity contribution is 9.10. The van der Waals surface area contributed by atoms with Crippen molar-refractivity contribution in [1.29, 1.82) is 0 Å². The average molecular weight is 472 g/mol. The molecule has 1 aromatic carbocycles. The Bertz CT molecular complexity index is 824. The van der Waals surface area contributed by atoms with Crippen LogP contribution in [0.2, 0.25) is 0 Å². The minimum Gasteiger partial charge on any atom is -0.481 e. The van der Waals surface area contributed by atoms with Gasteiger partial charge in [0.2, 0.25) is 0 Å². The second kappa shape index (κ2) is 10.3. The van der Waals surface area contributed by atoms with Crippen LogP contribution in [0.5, 0.6) is 5.75 Å². The van der Waals surface area contributed by atoms with Crippen LogP contribution < -0.4 is 4.74 Å². The number of halogens is 1. The van der Waals surface area contributed by atoms with Crippen LogP contribution in [-0.2, 0) is 19.1 Å². The van der Waals surface area contributed by atoms with Gasteiger partial charge in [0.05, 0.1) is 11.5 Å². The number of hydrogen-bond acceptors (Lipinski definition) is 7. The molecular formula is C18H18BrNO7S. The zero-order valence-electron chi connectivity index (χ0n) is 15.0. The van der Waals surface area contributed by atoms with Gasteiger partial charge in [-0.25, -0.2) is 4.79 Å². The van der Waals surface area contributed by atoms with Crippen molar-refractivity contribution in [1.82, 2.24) is 4.90 Å². The number of carboxylic acids is 1. The lowest BCUT2D eigenvalue weighted by Gasteiger charge is -2.11. The van der Waals surface area contributed by atoms with Crippen molar-refractivity contribution in [2.75, 3.05) is 19.8 Å². The van der Waals surface area contributed by atoms with Crippen molar-refractivity contribution in [2.24, 2.45) is 0 Å². The predicted octanol–water partition coefficient (Wildman–Crippen LogP) is 3.29. The molecule has 2 rings (SSSR count). The summed E-state index contributed by atoms with van der Waals surface area (Å²) in [5.74, 6) is -2.16. The van der Waals surface area contributed by atoms with Crippen LogP contribution in [0.4, 0.5) is 4.79 Å². The number of amides is 2. The van der Waals surface area contributed by atoms with Crippen LogP contribution >= 0.6 is 27.7 Å². The summed E-state index contributed by atoms with van der Waals surface area (Å²) in [4.78, 5) is 48.1. The Kier molecular flexibility index (Phi) is 8.06. The molecule has 0 spiro atoms. The molecule has 150 valence electrons. The fraction of sp³-hybridized carbons (Fsp3) is 0.333. The van der Waals surface area contributed by atoms with E-state index in [1.807, 2.05) is 6.92 Å². The minimum atomic E-state index is -1.14. The van der Waals surface area contributed by atoms with Crippen molar-refractivity contribution in [3.05, 3.63) is 33.1 Å². The SMILES string of the molecule is CCCCOC(=O)CN1C(=O)S/C(=C/c2cc(Br)ccc2OCC(=O)O)C1=O. The van der Waals surface area contributed by atoms with Crippen LogP contribution in [0, 0.1) is 0 Å². The molecule has 1 aromatic rings. The third-order valence-corrected chi connectivity index (χ3v) is 4.93. The number of hydrogen-bond donors (Lipinski definition) is 1. The summed E-state index contributed by atoms with van der Waals surface area (Å²) in [7, 11) is 0. The highest BCUT2D eigenvalue weighted by atomic mass is 79.9. The van der Waals surface area contributed by atoms with E-state index in [1.54, 1.807) is 18.2 Å². The van der Waals surface area contributed by atoms with E-state index in [1.165, 1.54) is 6.08 Å². The lowest BCUT2D eigenvalue weighted by molar-refractivity contribution is -0.146. The number of ether oxygens (including phenoxy) is 2. The number of carboxylic acid groups (broad SMARTS) is 1. The molecule has 1 saturated heterocycles. The quantitative estimate of drug-likeness (QED) is 0.331. The lowest BCUT2D eigenvalue weighted by Crippen LogP contribution is -2.34. The van der Waals surface area contributed by atoms with Gasteiger partial charge in [-0.05, 0) is 42.5 Å². The highest BCUT2D eigenvalue weighted by Crippen LogP contribution is 2.34. The summed E-state index contributed by atoms with van der Waals surface area (Å²) in [5, 5.41) is 8.20. The molecule has 10 heteroatoms. The Labute approximate surface area is 174 Å². The molecule has 0 atom stereocenters. The lowest BCUT2D eigenvalue weighted by atomic mass is 10.2. The maximum Gasteiger partial charge on any atom is 0.341 e. The largest absolute Gasteiger partial charge is 0.481 e. The molecule has 0 bridgehead atoms. The van der Waals surface area contributed by atoms with E-state index in [4.69, 9.17) is 14.6 Å². The number of nitrogens with zero attached hydrogens (tertiary/aromatic N) is 1. The summed E-state index contributed by atoms with van der Waals surface area (Å²) in [6.45, 7) is 1.19. The maximum atomic E-state index is 12.5. The topological polar surface area (TPSA) is 110 Å². The molecule has 1 heterocycles. The first-order chi connectivity index (χ1) is 13.3. The number of imide groups is 1. The van der Waals surface area contributed by atoms with Crippen LogP contribution in [0.25, 0.3) is 6.08 Å². The fourth-order valence-electron chi connectivity index (χ4n) is 2.19. The zero-order valence-corrected chi connectivity index (χ0v) is 17.4. The van der Waals surface area contributed by atoms with Gasteiger partial charge in [0.1, 0.15) is 12.3 Å². The summed E-state index contributed by atoms with van der Waals surface area (Å²) in [6, 6.07) is 4.84. The Morgan fingerprint density at radius 1 is 1.32 bits per heavy atom. The molecule has 0 aliphatic carbocycles. The summed E-state index contributed by atoms with van der Waals surface area (Å²) in [5.41, 5.74) is 0.423. The van der Waals surface area contributed by atoms with E-state index in [9.17, 15) is 19.2 Å². The first-order valence-corrected chi connectivity index (χ1v) is 9.98. The Morgan fingerprint density at radius 2 is 2.07 bits per heavy atom. The van der Waals surface area contributed by atoms with Gasteiger partial charge in [0.15, 0.2) is 6.61 Å². The monoisotopic (exact) mass is 471 g/mol. The third-order valence-electron chi connectivity index (χ3n) is 3.53. The first-order valence-electron chi connectivity index (χ1n) is 8.37. The summed E-state index contributed by atoms with van der Waals surface area (Å²) in [6.07, 6.45) is 2.99. The Hall–Kier alpha value is -2.33. The number of unbranched alkanes of at least 4 members (excludes halogenated alkanes) is 1. The van der Waals surface area contributed by atoms with Gasteiger partial charge in [0, 0.05) is 10.0 Å². The Balaban J connectivity index is 2.15. The predicted molar refractivity (Wildman–Crippen MR) is 106 cm³/mol. The van der Waals surface area contributed by atoms with Gasteiger partial charge in [-0.1, -0.05) is 29.3 Å². The maximum absolute atomic E-state index is 12.5. The van der Waals surface area contributed by atoms with E-state index in [2.05, 4.69) is 15.9 Å². The molecule has 1 fully saturated rings. The molecule has 28 heavy (non-hydrogen) atoms. The number of rotatable bonds is 9. The molecule has 8 nitrogen and oxygen atoms in total. The van der Waals surface area contributed by atoms with Crippen LogP contribution in [0.3, 0.4) is 0 Å². The molecule has 0 radical (unpaired) electrons. The smallest absolute Gasteiger partial charge is 0.341 e. The number of carbonyl (C=O) groups excluding carboxylic acids is 3. The van der Waals surface area contributed by atoms with Gasteiger partial charge in [-0.2, -0.15) is 0 Å². The van der Waals surface area contributed by atoms with Gasteiger partial charge in [0.25, 0.3) is 11.1 Å². The fourth-order valence-corrected chi connectivity index (χ4v) is 3.39. The number of benzene rings is 1. The summed E-state index contributed by atoms with van der Waals surface area (Å²) >= 11 is 3.99. The van der Waals surface area contributed by atoms with Gasteiger partial charge in [-0.3, -0.25) is 19.3 Å². The number of thioether (sulfide) groups is 1. The molecule has 2 amide bonds. The molecule has 1 aliphatic heterocycles. The van der Waals surface area contributed by atoms with Gasteiger partial charge < -0.3 is 14.6 Å². The van der Waals surface area contributed by atoms with Crippen molar-refractivity contribution in [2.45, 2.75) is 19.8 Å². The third kappa shape index (κ3) is 6.10. The van der Waals surface area contributed by atoms with Crippen molar-refractivity contribution in [3.63, 3.8) is 0 Å². The van der Waals surface area contributed by atoms with E-state index in [0.29, 0.717) is 28.2 Å². The van der Waals surface area contributed by atoms with E-state index < -0.39 is 36.2 Å². The minimum absolute atomic E-state index is 0.102. The Morgan fingerprint density at radius 3 is 2.75 bits per heavy atom. The molecule has 0 unspecified atom stereocenters.